The Hall–Kier alpha value is -0.190. The third-order valence-corrected chi connectivity index (χ3v) is 4.15. The maximum atomic E-state index is 5.69. The van der Waals surface area contributed by atoms with Crippen LogP contribution in [0.15, 0.2) is 0 Å². The average Bonchev–Trinajstić information content (AvgIpc) is 2.86. The van der Waals surface area contributed by atoms with Gasteiger partial charge in [0.05, 0.1) is 11.0 Å². The third kappa shape index (κ3) is 2.49. The van der Waals surface area contributed by atoms with Crippen molar-refractivity contribution in [3.8, 4) is 0 Å². The summed E-state index contributed by atoms with van der Waals surface area (Å²) in [6.45, 7) is 7.01. The van der Waals surface area contributed by atoms with E-state index in [9.17, 15) is 0 Å². The van der Waals surface area contributed by atoms with Crippen LogP contribution in [-0.4, -0.2) is 53.1 Å². The molecule has 2 N–H and O–H groups in total. The van der Waals surface area contributed by atoms with Gasteiger partial charge in [0.1, 0.15) is 0 Å². The molecule has 2 unspecified atom stereocenters. The van der Waals surface area contributed by atoms with Crippen LogP contribution in [0.4, 0.5) is 0 Å². The van der Waals surface area contributed by atoms with Crippen LogP contribution in [0.1, 0.15) is 26.2 Å². The fraction of sp³-hybridized carbons (Fsp3) is 0.909. The molecule has 15 heavy (non-hydrogen) atoms. The summed E-state index contributed by atoms with van der Waals surface area (Å²) in [6.07, 6.45) is 4.04. The van der Waals surface area contributed by atoms with Crippen LogP contribution in [0.25, 0.3) is 0 Å². The monoisotopic (exact) mass is 227 g/mol. The highest BCUT2D eigenvalue weighted by atomic mass is 32.1. The van der Waals surface area contributed by atoms with E-state index in [1.165, 1.54) is 32.4 Å². The number of thiocarbonyl (C=S) groups is 1. The quantitative estimate of drug-likeness (QED) is 0.724. The zero-order valence-electron chi connectivity index (χ0n) is 9.48. The highest BCUT2D eigenvalue weighted by Gasteiger charge is 2.31. The summed E-state index contributed by atoms with van der Waals surface area (Å²) in [5.74, 6) is 0. The van der Waals surface area contributed by atoms with Crippen molar-refractivity contribution in [3.63, 3.8) is 0 Å². The molecule has 0 radical (unpaired) electrons. The van der Waals surface area contributed by atoms with Crippen molar-refractivity contribution in [1.82, 2.24) is 9.80 Å². The second-order valence-electron chi connectivity index (χ2n) is 4.76. The molecule has 0 aromatic rings. The molecule has 2 fully saturated rings. The lowest BCUT2D eigenvalue weighted by molar-refractivity contribution is 0.226. The minimum Gasteiger partial charge on any atom is -0.392 e. The van der Waals surface area contributed by atoms with E-state index in [1.807, 2.05) is 0 Å². The zero-order chi connectivity index (χ0) is 10.8. The molecule has 3 nitrogen and oxygen atoms in total. The first-order chi connectivity index (χ1) is 7.18. The lowest BCUT2D eigenvalue weighted by Crippen LogP contribution is -2.42. The van der Waals surface area contributed by atoms with Gasteiger partial charge in [0.15, 0.2) is 0 Å². The van der Waals surface area contributed by atoms with Gasteiger partial charge in [0.2, 0.25) is 0 Å². The third-order valence-electron chi connectivity index (χ3n) is 3.81. The Morgan fingerprint density at radius 1 is 1.33 bits per heavy atom. The minimum atomic E-state index is 0.271. The molecule has 2 atom stereocenters. The van der Waals surface area contributed by atoms with Gasteiger partial charge >= 0.3 is 0 Å². The summed E-state index contributed by atoms with van der Waals surface area (Å²) < 4.78 is 0. The van der Waals surface area contributed by atoms with Crippen LogP contribution in [0.3, 0.4) is 0 Å². The lowest BCUT2D eigenvalue weighted by atomic mass is 10.2. The molecule has 0 aliphatic carbocycles. The Bertz CT molecular complexity index is 238. The maximum Gasteiger partial charge on any atom is 0.0899 e. The van der Waals surface area contributed by atoms with Crippen molar-refractivity contribution in [3.05, 3.63) is 0 Å². The first-order valence-corrected chi connectivity index (χ1v) is 6.36. The van der Waals surface area contributed by atoms with Crippen molar-refractivity contribution in [1.29, 1.82) is 0 Å². The molecule has 86 valence electrons. The van der Waals surface area contributed by atoms with Crippen molar-refractivity contribution in [2.24, 2.45) is 5.73 Å². The normalized spacial score (nSPS) is 30.9. The standard InChI is InChI=1S/C11H21N3S/c1-9(11(12)15)14-7-4-10(8-14)13-5-2-3-6-13/h9-10H,2-8H2,1H3,(H2,12,15). The number of likely N-dealkylation sites (tertiary alicyclic amines) is 2. The highest BCUT2D eigenvalue weighted by Crippen LogP contribution is 2.21. The highest BCUT2D eigenvalue weighted by molar-refractivity contribution is 7.80. The van der Waals surface area contributed by atoms with Gasteiger partial charge in [-0.3, -0.25) is 9.80 Å². The van der Waals surface area contributed by atoms with Gasteiger partial charge in [-0.1, -0.05) is 12.2 Å². The van der Waals surface area contributed by atoms with Gasteiger partial charge in [0.25, 0.3) is 0 Å². The van der Waals surface area contributed by atoms with E-state index in [-0.39, 0.29) is 6.04 Å². The molecular formula is C11H21N3S. The predicted octanol–water partition coefficient (Wildman–Crippen LogP) is 0.831. The zero-order valence-corrected chi connectivity index (χ0v) is 10.3. The smallest absolute Gasteiger partial charge is 0.0899 e. The van der Waals surface area contributed by atoms with E-state index >= 15 is 0 Å². The van der Waals surface area contributed by atoms with E-state index in [0.29, 0.717) is 4.99 Å². The number of nitrogens with zero attached hydrogens (tertiary/aromatic N) is 2. The van der Waals surface area contributed by atoms with Crippen LogP contribution >= 0.6 is 12.2 Å². The number of hydrogen-bond donors (Lipinski definition) is 1. The fourth-order valence-electron chi connectivity index (χ4n) is 2.70. The molecule has 2 aliphatic rings. The van der Waals surface area contributed by atoms with Gasteiger partial charge in [-0.15, -0.1) is 0 Å². The lowest BCUT2D eigenvalue weighted by Gasteiger charge is -2.26. The molecule has 2 heterocycles. The van der Waals surface area contributed by atoms with Crippen LogP contribution in [-0.2, 0) is 0 Å². The Labute approximate surface area is 97.6 Å². The van der Waals surface area contributed by atoms with Gasteiger partial charge in [-0.05, 0) is 39.3 Å². The molecular weight excluding hydrogens is 206 g/mol. The predicted molar refractivity (Wildman–Crippen MR) is 67.0 cm³/mol. The van der Waals surface area contributed by atoms with E-state index in [4.69, 9.17) is 18.0 Å². The van der Waals surface area contributed by atoms with Crippen LogP contribution in [0.5, 0.6) is 0 Å². The van der Waals surface area contributed by atoms with E-state index in [1.54, 1.807) is 0 Å². The van der Waals surface area contributed by atoms with E-state index < -0.39 is 0 Å². The molecule has 2 rings (SSSR count). The molecule has 0 saturated carbocycles. The largest absolute Gasteiger partial charge is 0.392 e. The molecule has 2 saturated heterocycles. The summed E-state index contributed by atoms with van der Waals surface area (Å²) in [5.41, 5.74) is 5.69. The summed E-state index contributed by atoms with van der Waals surface area (Å²) >= 11 is 5.05. The summed E-state index contributed by atoms with van der Waals surface area (Å²) in [7, 11) is 0. The Morgan fingerprint density at radius 3 is 2.60 bits per heavy atom. The second-order valence-corrected chi connectivity index (χ2v) is 5.23. The van der Waals surface area contributed by atoms with Gasteiger partial charge < -0.3 is 5.73 Å². The van der Waals surface area contributed by atoms with Crippen molar-refractivity contribution in [2.75, 3.05) is 26.2 Å². The van der Waals surface area contributed by atoms with Crippen molar-refractivity contribution < 1.29 is 0 Å². The minimum absolute atomic E-state index is 0.271. The molecule has 0 amide bonds. The number of hydrogen-bond acceptors (Lipinski definition) is 3. The van der Waals surface area contributed by atoms with E-state index in [2.05, 4.69) is 16.7 Å². The average molecular weight is 227 g/mol. The van der Waals surface area contributed by atoms with Crippen molar-refractivity contribution >= 4 is 17.2 Å². The topological polar surface area (TPSA) is 32.5 Å². The van der Waals surface area contributed by atoms with E-state index in [0.717, 1.165) is 19.1 Å². The summed E-state index contributed by atoms with van der Waals surface area (Å²) in [6, 6.07) is 1.02. The molecule has 4 heteroatoms. The van der Waals surface area contributed by atoms with Crippen LogP contribution < -0.4 is 5.73 Å². The SMILES string of the molecule is CC(C(N)=S)N1CCC(N2CCCC2)C1. The van der Waals surface area contributed by atoms with Crippen molar-refractivity contribution in [2.45, 2.75) is 38.3 Å². The molecule has 0 aromatic carbocycles. The Balaban J connectivity index is 1.86. The van der Waals surface area contributed by atoms with Gasteiger partial charge in [-0.25, -0.2) is 0 Å². The fourth-order valence-corrected chi connectivity index (χ4v) is 2.85. The van der Waals surface area contributed by atoms with Gasteiger partial charge in [0, 0.05) is 19.1 Å². The summed E-state index contributed by atoms with van der Waals surface area (Å²) in [4.78, 5) is 5.69. The second kappa shape index (κ2) is 4.76. The first-order valence-electron chi connectivity index (χ1n) is 5.96. The van der Waals surface area contributed by atoms with Gasteiger partial charge in [-0.2, -0.15) is 0 Å². The summed E-state index contributed by atoms with van der Waals surface area (Å²) in [5, 5.41) is 0. The molecule has 0 aromatic heterocycles. The Kier molecular flexibility index (Phi) is 3.59. The molecule has 2 aliphatic heterocycles. The Morgan fingerprint density at radius 2 is 2.00 bits per heavy atom. The number of rotatable bonds is 3. The maximum absolute atomic E-state index is 5.69. The number of nitrogens with two attached hydrogens (primary N) is 1. The molecule has 0 bridgehead atoms. The first kappa shape index (κ1) is 11.3. The molecule has 0 spiro atoms. The van der Waals surface area contributed by atoms with Crippen LogP contribution in [0, 0.1) is 0 Å². The van der Waals surface area contributed by atoms with Crippen LogP contribution in [0.2, 0.25) is 0 Å².